The molecule has 0 bridgehead atoms. The Morgan fingerprint density at radius 2 is 2.16 bits per heavy atom. The van der Waals surface area contributed by atoms with Crippen molar-refractivity contribution in [1.29, 1.82) is 5.26 Å². The van der Waals surface area contributed by atoms with E-state index in [2.05, 4.69) is 22.1 Å². The molecule has 96 valence electrons. The van der Waals surface area contributed by atoms with Crippen LogP contribution in [0.5, 0.6) is 0 Å². The molecule has 2 aromatic rings. The number of anilines is 1. The van der Waals surface area contributed by atoms with Crippen LogP contribution in [0.15, 0.2) is 30.9 Å². The monoisotopic (exact) mass is 253 g/mol. The minimum absolute atomic E-state index is 0.278. The van der Waals surface area contributed by atoms with Gasteiger partial charge in [-0.1, -0.05) is 12.1 Å². The lowest BCUT2D eigenvalue weighted by Crippen LogP contribution is -2.02. The topological polar surface area (TPSA) is 66.5 Å². The molecular formula is C14H15N5. The van der Waals surface area contributed by atoms with E-state index in [1.807, 2.05) is 38.1 Å². The first-order valence-corrected chi connectivity index (χ1v) is 5.95. The maximum atomic E-state index is 9.05. The lowest BCUT2D eigenvalue weighted by atomic mass is 10.1. The summed E-state index contributed by atoms with van der Waals surface area (Å²) in [6.45, 7) is 8.24. The van der Waals surface area contributed by atoms with Crippen molar-refractivity contribution in [3.8, 4) is 11.8 Å². The van der Waals surface area contributed by atoms with Crippen molar-refractivity contribution in [3.63, 3.8) is 0 Å². The van der Waals surface area contributed by atoms with Gasteiger partial charge in [-0.15, -0.1) is 21.6 Å². The van der Waals surface area contributed by atoms with E-state index in [1.54, 1.807) is 6.08 Å². The molecule has 0 radical (unpaired) electrons. The number of nitriles is 1. The van der Waals surface area contributed by atoms with E-state index in [1.165, 1.54) is 10.4 Å². The van der Waals surface area contributed by atoms with Crippen LogP contribution in [-0.4, -0.2) is 21.5 Å². The fourth-order valence-corrected chi connectivity index (χ4v) is 1.64. The van der Waals surface area contributed by atoms with Gasteiger partial charge in [0, 0.05) is 6.54 Å². The smallest absolute Gasteiger partial charge is 0.207 e. The third kappa shape index (κ3) is 2.63. The van der Waals surface area contributed by atoms with Crippen LogP contribution < -0.4 is 5.32 Å². The molecule has 19 heavy (non-hydrogen) atoms. The zero-order valence-electron chi connectivity index (χ0n) is 11.0. The number of hydrogen-bond donors (Lipinski definition) is 1. The van der Waals surface area contributed by atoms with Gasteiger partial charge in [-0.25, -0.2) is 0 Å². The van der Waals surface area contributed by atoms with E-state index in [-0.39, 0.29) is 5.69 Å². The Morgan fingerprint density at radius 1 is 1.37 bits per heavy atom. The molecule has 0 aliphatic carbocycles. The van der Waals surface area contributed by atoms with Gasteiger partial charge in [-0.3, -0.25) is 0 Å². The quantitative estimate of drug-likeness (QED) is 0.849. The van der Waals surface area contributed by atoms with E-state index in [4.69, 9.17) is 5.26 Å². The third-order valence-corrected chi connectivity index (χ3v) is 2.85. The highest BCUT2D eigenvalue weighted by Crippen LogP contribution is 2.15. The predicted octanol–water partition coefficient (Wildman–Crippen LogP) is 2.35. The minimum atomic E-state index is 0.278. The average molecular weight is 253 g/mol. The molecule has 0 spiro atoms. The van der Waals surface area contributed by atoms with Crippen LogP contribution in [-0.2, 0) is 0 Å². The highest BCUT2D eigenvalue weighted by molar-refractivity contribution is 5.48. The molecule has 0 aliphatic rings. The van der Waals surface area contributed by atoms with E-state index in [9.17, 15) is 0 Å². The molecule has 5 nitrogen and oxygen atoms in total. The van der Waals surface area contributed by atoms with Gasteiger partial charge in [0.05, 0.1) is 5.69 Å². The molecule has 0 atom stereocenters. The van der Waals surface area contributed by atoms with Crippen molar-refractivity contribution >= 4 is 5.82 Å². The first kappa shape index (κ1) is 12.8. The molecule has 1 N–H and O–H groups in total. The molecular weight excluding hydrogens is 238 g/mol. The fraction of sp³-hybridized carbons (Fsp3) is 0.214. The van der Waals surface area contributed by atoms with E-state index in [0.717, 1.165) is 11.3 Å². The van der Waals surface area contributed by atoms with Crippen molar-refractivity contribution in [3.05, 3.63) is 47.7 Å². The van der Waals surface area contributed by atoms with Crippen LogP contribution >= 0.6 is 0 Å². The Bertz CT molecular complexity index is 648. The normalized spacial score (nSPS) is 9.95. The minimum Gasteiger partial charge on any atom is -0.363 e. The molecule has 1 heterocycles. The molecule has 0 amide bonds. The van der Waals surface area contributed by atoms with Crippen molar-refractivity contribution < 1.29 is 0 Å². The van der Waals surface area contributed by atoms with Crippen LogP contribution in [0, 0.1) is 25.2 Å². The van der Waals surface area contributed by atoms with Gasteiger partial charge in [0.2, 0.25) is 5.69 Å². The van der Waals surface area contributed by atoms with Crippen molar-refractivity contribution in [2.75, 3.05) is 11.9 Å². The Morgan fingerprint density at radius 3 is 2.79 bits per heavy atom. The Labute approximate surface area is 112 Å². The van der Waals surface area contributed by atoms with Gasteiger partial charge >= 0.3 is 0 Å². The van der Waals surface area contributed by atoms with Gasteiger partial charge in [0.15, 0.2) is 5.82 Å². The molecule has 0 fully saturated rings. The summed E-state index contributed by atoms with van der Waals surface area (Å²) in [7, 11) is 0. The summed E-state index contributed by atoms with van der Waals surface area (Å²) in [4.78, 5) is 1.47. The Balaban J connectivity index is 2.40. The molecule has 1 aromatic carbocycles. The maximum Gasteiger partial charge on any atom is 0.207 e. The van der Waals surface area contributed by atoms with E-state index in [0.29, 0.717) is 12.4 Å². The molecule has 0 unspecified atom stereocenters. The second kappa shape index (κ2) is 5.36. The van der Waals surface area contributed by atoms with Crippen LogP contribution in [0.2, 0.25) is 0 Å². The van der Waals surface area contributed by atoms with Crippen molar-refractivity contribution in [1.82, 2.24) is 15.0 Å². The van der Waals surface area contributed by atoms with Crippen LogP contribution in [0.1, 0.15) is 16.8 Å². The lowest BCUT2D eigenvalue weighted by Gasteiger charge is -2.03. The van der Waals surface area contributed by atoms with Gasteiger partial charge in [0.1, 0.15) is 6.07 Å². The van der Waals surface area contributed by atoms with Gasteiger partial charge in [0.25, 0.3) is 0 Å². The third-order valence-electron chi connectivity index (χ3n) is 2.85. The number of aryl methyl sites for hydroxylation is 2. The number of nitrogens with zero attached hydrogens (tertiary/aromatic N) is 4. The predicted molar refractivity (Wildman–Crippen MR) is 74.2 cm³/mol. The Kier molecular flexibility index (Phi) is 3.62. The number of benzene rings is 1. The zero-order chi connectivity index (χ0) is 13.8. The molecule has 0 aliphatic heterocycles. The standard InChI is InChI=1S/C14H15N5/c1-4-7-16-14-13(9-15)17-19(18-14)12-6-5-10(2)11(3)8-12/h4-6,8H,1,7H2,2-3H3,(H,16,18). The van der Waals surface area contributed by atoms with Gasteiger partial charge in [-0.2, -0.15) is 5.26 Å². The van der Waals surface area contributed by atoms with E-state index >= 15 is 0 Å². The second-order valence-electron chi connectivity index (χ2n) is 4.24. The van der Waals surface area contributed by atoms with Crippen molar-refractivity contribution in [2.24, 2.45) is 0 Å². The number of aromatic nitrogens is 3. The maximum absolute atomic E-state index is 9.05. The number of hydrogen-bond acceptors (Lipinski definition) is 4. The highest BCUT2D eigenvalue weighted by atomic mass is 15.5. The molecule has 5 heteroatoms. The summed E-state index contributed by atoms with van der Waals surface area (Å²) in [5.74, 6) is 0.473. The number of nitrogens with one attached hydrogen (secondary N) is 1. The summed E-state index contributed by atoms with van der Waals surface area (Å²) in [5, 5.41) is 20.5. The average Bonchev–Trinajstić information content (AvgIpc) is 2.82. The first-order valence-electron chi connectivity index (χ1n) is 5.95. The highest BCUT2D eigenvalue weighted by Gasteiger charge is 2.11. The summed E-state index contributed by atoms with van der Waals surface area (Å²) in [5.41, 5.74) is 3.49. The number of rotatable bonds is 4. The summed E-state index contributed by atoms with van der Waals surface area (Å²) < 4.78 is 0. The van der Waals surface area contributed by atoms with Gasteiger partial charge in [-0.05, 0) is 37.1 Å². The van der Waals surface area contributed by atoms with Crippen LogP contribution in [0.3, 0.4) is 0 Å². The SMILES string of the molecule is C=CCNc1nn(-c2ccc(C)c(C)c2)nc1C#N. The molecule has 2 rings (SSSR count). The van der Waals surface area contributed by atoms with Crippen LogP contribution in [0.4, 0.5) is 5.82 Å². The molecule has 0 saturated heterocycles. The largest absolute Gasteiger partial charge is 0.363 e. The second-order valence-corrected chi connectivity index (χ2v) is 4.24. The van der Waals surface area contributed by atoms with Gasteiger partial charge < -0.3 is 5.32 Å². The zero-order valence-corrected chi connectivity index (χ0v) is 11.0. The molecule has 1 aromatic heterocycles. The fourth-order valence-electron chi connectivity index (χ4n) is 1.64. The Hall–Kier alpha value is -2.61. The summed E-state index contributed by atoms with van der Waals surface area (Å²) >= 11 is 0. The molecule has 0 saturated carbocycles. The summed E-state index contributed by atoms with van der Waals surface area (Å²) in [6.07, 6.45) is 1.70. The van der Waals surface area contributed by atoms with Crippen LogP contribution in [0.25, 0.3) is 5.69 Å². The van der Waals surface area contributed by atoms with E-state index < -0.39 is 0 Å². The lowest BCUT2D eigenvalue weighted by molar-refractivity contribution is 0.749. The first-order chi connectivity index (χ1) is 9.15. The summed E-state index contributed by atoms with van der Waals surface area (Å²) in [6, 6.07) is 7.97. The van der Waals surface area contributed by atoms with Crippen molar-refractivity contribution in [2.45, 2.75) is 13.8 Å².